The Morgan fingerprint density at radius 1 is 1.56 bits per heavy atom. The fourth-order valence-electron chi connectivity index (χ4n) is 1.62. The van der Waals surface area contributed by atoms with E-state index in [4.69, 9.17) is 0 Å². The molecular formula is C11H14N4OS2. The molecule has 0 aromatic carbocycles. The van der Waals surface area contributed by atoms with Crippen LogP contribution in [0.5, 0.6) is 0 Å². The molecule has 1 atom stereocenters. The molecule has 0 spiro atoms. The molecule has 0 aliphatic carbocycles. The Bertz CT molecular complexity index is 469. The van der Waals surface area contributed by atoms with Gasteiger partial charge in [0.25, 0.3) is 0 Å². The summed E-state index contributed by atoms with van der Waals surface area (Å²) < 4.78 is 1.92. The van der Waals surface area contributed by atoms with E-state index in [0.717, 1.165) is 12.2 Å². The summed E-state index contributed by atoms with van der Waals surface area (Å²) >= 11 is 3.06. The molecule has 0 fully saturated rings. The van der Waals surface area contributed by atoms with Crippen molar-refractivity contribution in [3.05, 3.63) is 30.0 Å². The second-order valence-corrected chi connectivity index (χ2v) is 5.48. The monoisotopic (exact) mass is 282 g/mol. The van der Waals surface area contributed by atoms with Crippen molar-refractivity contribution in [1.29, 1.82) is 0 Å². The van der Waals surface area contributed by atoms with Gasteiger partial charge in [0, 0.05) is 12.4 Å². The highest BCUT2D eigenvalue weighted by Gasteiger charge is 2.20. The molecule has 96 valence electrons. The lowest BCUT2D eigenvalue weighted by Crippen LogP contribution is -2.25. The summed E-state index contributed by atoms with van der Waals surface area (Å²) in [6, 6.07) is 3.64. The molecule has 0 radical (unpaired) electrons. The van der Waals surface area contributed by atoms with E-state index in [1.807, 2.05) is 35.3 Å². The number of hydrogen-bond donors (Lipinski definition) is 1. The Labute approximate surface area is 114 Å². The Kier molecular flexibility index (Phi) is 4.77. The summed E-state index contributed by atoms with van der Waals surface area (Å²) in [7, 11) is 0. The van der Waals surface area contributed by atoms with Crippen molar-refractivity contribution in [2.24, 2.45) is 0 Å². The van der Waals surface area contributed by atoms with Crippen LogP contribution in [0.25, 0.3) is 0 Å². The molecule has 1 N–H and O–H groups in total. The Balaban J connectivity index is 2.06. The number of nitrogens with one attached hydrogen (secondary N) is 1. The van der Waals surface area contributed by atoms with Crippen LogP contribution in [0.2, 0.25) is 0 Å². The van der Waals surface area contributed by atoms with Gasteiger partial charge in [-0.3, -0.25) is 10.1 Å². The van der Waals surface area contributed by atoms with Gasteiger partial charge in [0.15, 0.2) is 0 Å². The summed E-state index contributed by atoms with van der Waals surface area (Å²) in [6.45, 7) is 0. The highest BCUT2D eigenvalue weighted by Crippen LogP contribution is 2.18. The molecule has 0 saturated carbocycles. The average Bonchev–Trinajstić information content (AvgIpc) is 3.02. The first-order chi connectivity index (χ1) is 8.81. The molecule has 0 aliphatic heterocycles. The SMILES string of the molecule is CSCCC(C(=O)Nc1nncs1)n1cccc1. The molecule has 18 heavy (non-hydrogen) atoms. The van der Waals surface area contributed by atoms with Crippen LogP contribution in [-0.2, 0) is 4.79 Å². The summed E-state index contributed by atoms with van der Waals surface area (Å²) in [4.78, 5) is 12.2. The molecule has 2 rings (SSSR count). The number of rotatable bonds is 6. The van der Waals surface area contributed by atoms with E-state index in [1.165, 1.54) is 11.3 Å². The number of hydrogen-bond acceptors (Lipinski definition) is 5. The van der Waals surface area contributed by atoms with Crippen LogP contribution in [0.1, 0.15) is 12.5 Å². The second kappa shape index (κ2) is 6.55. The number of aromatic nitrogens is 3. The molecule has 5 nitrogen and oxygen atoms in total. The fraction of sp³-hybridized carbons (Fsp3) is 0.364. The van der Waals surface area contributed by atoms with Gasteiger partial charge in [-0.05, 0) is 30.6 Å². The van der Waals surface area contributed by atoms with Gasteiger partial charge in [-0.1, -0.05) is 11.3 Å². The zero-order valence-corrected chi connectivity index (χ0v) is 11.6. The standard InChI is InChI=1S/C11H14N4OS2/c1-17-7-4-9(15-5-2-3-6-15)10(16)13-11-14-12-8-18-11/h2-3,5-6,8-9H,4,7H2,1H3,(H,13,14,16). The van der Waals surface area contributed by atoms with Crippen LogP contribution < -0.4 is 5.32 Å². The number of carbonyl (C=O) groups is 1. The first-order valence-electron chi connectivity index (χ1n) is 5.49. The van der Waals surface area contributed by atoms with Crippen molar-refractivity contribution in [2.45, 2.75) is 12.5 Å². The quantitative estimate of drug-likeness (QED) is 0.883. The van der Waals surface area contributed by atoms with Gasteiger partial charge in [-0.2, -0.15) is 11.8 Å². The zero-order chi connectivity index (χ0) is 12.8. The van der Waals surface area contributed by atoms with Crippen LogP contribution in [0, 0.1) is 0 Å². The lowest BCUT2D eigenvalue weighted by atomic mass is 10.2. The predicted octanol–water partition coefficient (Wildman–Crippen LogP) is 2.27. The van der Waals surface area contributed by atoms with E-state index in [0.29, 0.717) is 5.13 Å². The number of anilines is 1. The van der Waals surface area contributed by atoms with Gasteiger partial charge < -0.3 is 4.57 Å². The summed E-state index contributed by atoms with van der Waals surface area (Å²) in [6.07, 6.45) is 6.64. The maximum atomic E-state index is 12.2. The van der Waals surface area contributed by atoms with Gasteiger partial charge in [-0.15, -0.1) is 10.2 Å². The number of carbonyl (C=O) groups excluding carboxylic acids is 1. The number of thioether (sulfide) groups is 1. The Morgan fingerprint density at radius 2 is 2.33 bits per heavy atom. The van der Waals surface area contributed by atoms with Gasteiger partial charge in [0.2, 0.25) is 11.0 Å². The third-order valence-corrected chi connectivity index (χ3v) is 3.73. The zero-order valence-electron chi connectivity index (χ0n) is 9.94. The van der Waals surface area contributed by atoms with Crippen LogP contribution in [-0.4, -0.2) is 32.7 Å². The van der Waals surface area contributed by atoms with Gasteiger partial charge in [0.05, 0.1) is 0 Å². The second-order valence-electron chi connectivity index (χ2n) is 3.66. The van der Waals surface area contributed by atoms with E-state index in [-0.39, 0.29) is 11.9 Å². The lowest BCUT2D eigenvalue weighted by molar-refractivity contribution is -0.119. The summed E-state index contributed by atoms with van der Waals surface area (Å²) in [5.41, 5.74) is 1.60. The Hall–Kier alpha value is -1.34. The molecule has 2 aromatic heterocycles. The maximum absolute atomic E-state index is 12.2. The van der Waals surface area contributed by atoms with E-state index in [9.17, 15) is 4.79 Å². The van der Waals surface area contributed by atoms with Gasteiger partial charge >= 0.3 is 0 Å². The third kappa shape index (κ3) is 3.33. The molecule has 1 amide bonds. The molecule has 2 heterocycles. The van der Waals surface area contributed by atoms with Crippen molar-refractivity contribution >= 4 is 34.1 Å². The largest absolute Gasteiger partial charge is 0.342 e. The fourth-order valence-corrected chi connectivity index (χ4v) is 2.52. The van der Waals surface area contributed by atoms with Crippen LogP contribution in [0.3, 0.4) is 0 Å². The van der Waals surface area contributed by atoms with Crippen molar-refractivity contribution in [3.8, 4) is 0 Å². The minimum Gasteiger partial charge on any atom is -0.342 e. The predicted molar refractivity (Wildman–Crippen MR) is 75.0 cm³/mol. The molecule has 0 aliphatic rings. The smallest absolute Gasteiger partial charge is 0.249 e. The Morgan fingerprint density at radius 3 is 2.94 bits per heavy atom. The van der Waals surface area contributed by atoms with E-state index < -0.39 is 0 Å². The van der Waals surface area contributed by atoms with E-state index in [1.54, 1.807) is 17.3 Å². The number of nitrogens with zero attached hydrogens (tertiary/aromatic N) is 3. The minimum atomic E-state index is -0.198. The van der Waals surface area contributed by atoms with Crippen molar-refractivity contribution < 1.29 is 4.79 Å². The third-order valence-electron chi connectivity index (χ3n) is 2.48. The van der Waals surface area contributed by atoms with E-state index in [2.05, 4.69) is 15.5 Å². The highest BCUT2D eigenvalue weighted by molar-refractivity contribution is 7.98. The van der Waals surface area contributed by atoms with Crippen molar-refractivity contribution in [3.63, 3.8) is 0 Å². The van der Waals surface area contributed by atoms with Crippen LogP contribution in [0.15, 0.2) is 30.0 Å². The van der Waals surface area contributed by atoms with Gasteiger partial charge in [-0.25, -0.2) is 0 Å². The first kappa shape index (κ1) is 13.1. The molecule has 7 heteroatoms. The first-order valence-corrected chi connectivity index (χ1v) is 7.77. The topological polar surface area (TPSA) is 59.8 Å². The number of amides is 1. The van der Waals surface area contributed by atoms with Crippen LogP contribution in [0.4, 0.5) is 5.13 Å². The minimum absolute atomic E-state index is 0.0444. The molecule has 0 saturated heterocycles. The average molecular weight is 282 g/mol. The molecule has 2 aromatic rings. The summed E-state index contributed by atoms with van der Waals surface area (Å²) in [5.74, 6) is 0.892. The normalized spacial score (nSPS) is 12.3. The summed E-state index contributed by atoms with van der Waals surface area (Å²) in [5, 5.41) is 10.9. The van der Waals surface area contributed by atoms with Crippen molar-refractivity contribution in [2.75, 3.05) is 17.3 Å². The molecular weight excluding hydrogens is 268 g/mol. The van der Waals surface area contributed by atoms with E-state index >= 15 is 0 Å². The molecule has 1 unspecified atom stereocenters. The van der Waals surface area contributed by atoms with Crippen molar-refractivity contribution in [1.82, 2.24) is 14.8 Å². The van der Waals surface area contributed by atoms with Crippen LogP contribution >= 0.6 is 23.1 Å². The molecule has 0 bridgehead atoms. The van der Waals surface area contributed by atoms with Gasteiger partial charge in [0.1, 0.15) is 11.6 Å². The highest BCUT2D eigenvalue weighted by atomic mass is 32.2. The lowest BCUT2D eigenvalue weighted by Gasteiger charge is -2.17. The maximum Gasteiger partial charge on any atom is 0.249 e.